The molecule has 1 aromatic rings. The number of rotatable bonds is 4. The van der Waals surface area contributed by atoms with Crippen molar-refractivity contribution in [3.63, 3.8) is 0 Å². The van der Waals surface area contributed by atoms with E-state index in [0.717, 1.165) is 24.1 Å². The molecule has 1 amide bonds. The highest BCUT2D eigenvalue weighted by atomic mass is 16.5. The van der Waals surface area contributed by atoms with E-state index in [9.17, 15) is 9.59 Å². The summed E-state index contributed by atoms with van der Waals surface area (Å²) >= 11 is 0. The molecule has 0 radical (unpaired) electrons. The van der Waals surface area contributed by atoms with Gasteiger partial charge in [0, 0.05) is 25.9 Å². The smallest absolute Gasteiger partial charge is 0.335 e. The van der Waals surface area contributed by atoms with Crippen molar-refractivity contribution in [2.45, 2.75) is 18.9 Å². The molecule has 3 N–H and O–H groups in total. The lowest BCUT2D eigenvalue weighted by molar-refractivity contribution is -0.127. The van der Waals surface area contributed by atoms with Crippen LogP contribution in [-0.2, 0) is 16.0 Å². The van der Waals surface area contributed by atoms with Crippen LogP contribution in [0.5, 0.6) is 0 Å². The average Bonchev–Trinajstić information content (AvgIpc) is 2.47. The second-order valence-corrected chi connectivity index (χ2v) is 4.70. The van der Waals surface area contributed by atoms with E-state index >= 15 is 0 Å². The molecule has 2 rings (SSSR count). The molecular weight excluding hydrogens is 260 g/mol. The minimum atomic E-state index is -0.965. The van der Waals surface area contributed by atoms with Gasteiger partial charge < -0.3 is 20.5 Å². The summed E-state index contributed by atoms with van der Waals surface area (Å²) < 4.78 is 5.08. The number of anilines is 1. The number of carbonyl (C=O) groups is 2. The van der Waals surface area contributed by atoms with Crippen LogP contribution in [0.25, 0.3) is 0 Å². The zero-order chi connectivity index (χ0) is 14.7. The molecule has 0 aromatic heterocycles. The van der Waals surface area contributed by atoms with Gasteiger partial charge in [-0.3, -0.25) is 4.79 Å². The number of amides is 1. The number of hydrogen-bond acceptors (Lipinski definition) is 4. The van der Waals surface area contributed by atoms with Crippen LogP contribution in [0.2, 0.25) is 0 Å². The van der Waals surface area contributed by atoms with E-state index in [1.165, 1.54) is 13.2 Å². The summed E-state index contributed by atoms with van der Waals surface area (Å²) in [6.45, 7) is 0.715. The molecule has 1 aromatic carbocycles. The van der Waals surface area contributed by atoms with Crippen molar-refractivity contribution in [3.05, 3.63) is 29.3 Å². The Hall–Kier alpha value is -1.92. The number of hydrogen-bond donors (Lipinski definition) is 2. The Labute approximate surface area is 117 Å². The van der Waals surface area contributed by atoms with Crippen molar-refractivity contribution < 1.29 is 19.4 Å². The molecule has 1 aliphatic rings. The van der Waals surface area contributed by atoms with Gasteiger partial charge in [0.1, 0.15) is 6.10 Å². The molecule has 1 heterocycles. The average molecular weight is 278 g/mol. The van der Waals surface area contributed by atoms with Crippen molar-refractivity contribution in [1.82, 2.24) is 0 Å². The van der Waals surface area contributed by atoms with E-state index in [-0.39, 0.29) is 18.0 Å². The summed E-state index contributed by atoms with van der Waals surface area (Å²) in [6.07, 6.45) is 0.892. The summed E-state index contributed by atoms with van der Waals surface area (Å²) in [7, 11) is 1.45. The molecule has 1 aliphatic heterocycles. The van der Waals surface area contributed by atoms with E-state index < -0.39 is 12.1 Å². The minimum absolute atomic E-state index is 0.119. The number of ether oxygens (including phenoxy) is 1. The van der Waals surface area contributed by atoms with Crippen LogP contribution < -0.4 is 10.6 Å². The fraction of sp³-hybridized carbons (Fsp3) is 0.429. The van der Waals surface area contributed by atoms with Crippen molar-refractivity contribution in [1.29, 1.82) is 0 Å². The fourth-order valence-electron chi connectivity index (χ4n) is 2.43. The first-order chi connectivity index (χ1) is 9.58. The van der Waals surface area contributed by atoms with E-state index in [0.29, 0.717) is 6.54 Å². The van der Waals surface area contributed by atoms with Crippen molar-refractivity contribution in [2.75, 3.05) is 25.1 Å². The van der Waals surface area contributed by atoms with Crippen LogP contribution in [-0.4, -0.2) is 43.3 Å². The van der Waals surface area contributed by atoms with E-state index in [1.807, 2.05) is 0 Å². The van der Waals surface area contributed by atoms with Crippen LogP contribution >= 0.6 is 0 Å². The first kappa shape index (κ1) is 14.5. The molecule has 6 nitrogen and oxygen atoms in total. The maximum Gasteiger partial charge on any atom is 0.335 e. The van der Waals surface area contributed by atoms with Gasteiger partial charge in [-0.25, -0.2) is 4.79 Å². The maximum absolute atomic E-state index is 12.3. The monoisotopic (exact) mass is 278 g/mol. The first-order valence-electron chi connectivity index (χ1n) is 6.49. The Morgan fingerprint density at radius 3 is 2.85 bits per heavy atom. The number of aromatic carboxylic acids is 1. The summed E-state index contributed by atoms with van der Waals surface area (Å²) in [5.41, 5.74) is 7.38. The summed E-state index contributed by atoms with van der Waals surface area (Å²) in [4.78, 5) is 25.0. The Morgan fingerprint density at radius 1 is 1.50 bits per heavy atom. The molecule has 0 bridgehead atoms. The Morgan fingerprint density at radius 2 is 2.25 bits per heavy atom. The lowest BCUT2D eigenvalue weighted by Gasteiger charge is -2.31. The second kappa shape index (κ2) is 6.02. The lowest BCUT2D eigenvalue weighted by atomic mass is 9.98. The number of carbonyl (C=O) groups excluding carboxylic acids is 1. The molecule has 0 saturated heterocycles. The van der Waals surface area contributed by atoms with Gasteiger partial charge in [-0.2, -0.15) is 0 Å². The predicted octanol–water partition coefficient (Wildman–Crippen LogP) is 0.638. The number of methoxy groups -OCH3 is 1. The third-order valence-corrected chi connectivity index (χ3v) is 3.49. The summed E-state index contributed by atoms with van der Waals surface area (Å²) in [5, 5.41) is 9.01. The van der Waals surface area contributed by atoms with Gasteiger partial charge in [0.2, 0.25) is 0 Å². The largest absolute Gasteiger partial charge is 0.478 e. The number of nitrogens with two attached hydrogens (primary N) is 1. The van der Waals surface area contributed by atoms with Crippen molar-refractivity contribution >= 4 is 17.6 Å². The van der Waals surface area contributed by atoms with Crippen LogP contribution in [0.15, 0.2) is 18.2 Å². The molecule has 0 aliphatic carbocycles. The van der Waals surface area contributed by atoms with Crippen molar-refractivity contribution in [2.24, 2.45) is 5.73 Å². The highest BCUT2D eigenvalue weighted by molar-refractivity contribution is 5.98. The van der Waals surface area contributed by atoms with Gasteiger partial charge in [0.05, 0.1) is 5.56 Å². The number of fused-ring (bicyclic) bond motifs is 1. The van der Waals surface area contributed by atoms with Gasteiger partial charge >= 0.3 is 5.97 Å². The Kier molecular flexibility index (Phi) is 4.36. The normalized spacial score (nSPS) is 15.6. The molecule has 108 valence electrons. The van der Waals surface area contributed by atoms with Crippen LogP contribution in [0, 0.1) is 0 Å². The van der Waals surface area contributed by atoms with Crippen molar-refractivity contribution in [3.8, 4) is 0 Å². The SMILES string of the molecule is COC(CN)C(=O)N1CCCc2cc(C(=O)O)ccc21. The third kappa shape index (κ3) is 2.66. The number of benzene rings is 1. The summed E-state index contributed by atoms with van der Waals surface area (Å²) in [6, 6.07) is 4.82. The molecule has 6 heteroatoms. The number of nitrogens with zero attached hydrogens (tertiary/aromatic N) is 1. The minimum Gasteiger partial charge on any atom is -0.478 e. The zero-order valence-corrected chi connectivity index (χ0v) is 11.3. The zero-order valence-electron chi connectivity index (χ0n) is 11.3. The molecule has 0 spiro atoms. The fourth-order valence-corrected chi connectivity index (χ4v) is 2.43. The lowest BCUT2D eigenvalue weighted by Crippen LogP contribution is -2.45. The van der Waals surface area contributed by atoms with Gasteiger partial charge in [-0.15, -0.1) is 0 Å². The number of aryl methyl sites for hydroxylation is 1. The van der Waals surface area contributed by atoms with E-state index in [4.69, 9.17) is 15.6 Å². The molecule has 0 fully saturated rings. The second-order valence-electron chi connectivity index (χ2n) is 4.70. The van der Waals surface area contributed by atoms with E-state index in [2.05, 4.69) is 0 Å². The predicted molar refractivity (Wildman–Crippen MR) is 73.9 cm³/mol. The van der Waals surface area contributed by atoms with Crippen LogP contribution in [0.1, 0.15) is 22.3 Å². The molecular formula is C14H18N2O4. The maximum atomic E-state index is 12.3. The van der Waals surface area contributed by atoms with Gasteiger partial charge in [0.15, 0.2) is 0 Å². The van der Waals surface area contributed by atoms with E-state index in [1.54, 1.807) is 17.0 Å². The van der Waals surface area contributed by atoms with Gasteiger partial charge in [-0.1, -0.05) is 0 Å². The van der Waals surface area contributed by atoms with Crippen LogP contribution in [0.3, 0.4) is 0 Å². The standard InChI is InChI=1S/C14H18N2O4/c1-20-12(8-15)13(17)16-6-2-3-9-7-10(14(18)19)4-5-11(9)16/h4-5,7,12H,2-3,6,8,15H2,1H3,(H,18,19). The molecule has 0 saturated carbocycles. The number of carboxylic acids is 1. The topological polar surface area (TPSA) is 92.9 Å². The molecule has 1 atom stereocenters. The van der Waals surface area contributed by atoms with Gasteiger partial charge in [0.25, 0.3) is 5.91 Å². The Bertz CT molecular complexity index is 526. The quantitative estimate of drug-likeness (QED) is 0.843. The molecule has 1 unspecified atom stereocenters. The third-order valence-electron chi connectivity index (χ3n) is 3.49. The molecule has 20 heavy (non-hydrogen) atoms. The summed E-state index contributed by atoms with van der Waals surface area (Å²) in [5.74, 6) is -1.15. The highest BCUT2D eigenvalue weighted by Crippen LogP contribution is 2.28. The van der Waals surface area contributed by atoms with Crippen LogP contribution in [0.4, 0.5) is 5.69 Å². The number of carboxylic acid groups (broad SMARTS) is 1. The van der Waals surface area contributed by atoms with Gasteiger partial charge in [-0.05, 0) is 36.6 Å². The highest BCUT2D eigenvalue weighted by Gasteiger charge is 2.28. The Balaban J connectivity index is 2.33. The first-order valence-corrected chi connectivity index (χ1v) is 6.49.